The maximum Gasteiger partial charge on any atom is 0.141 e. The first-order valence-corrected chi connectivity index (χ1v) is 7.11. The number of ether oxygens (including phenoxy) is 1. The lowest BCUT2D eigenvalue weighted by atomic mass is 10.3. The Morgan fingerprint density at radius 2 is 2.00 bits per heavy atom. The minimum absolute atomic E-state index is 0.226. The first-order chi connectivity index (χ1) is 7.38. The summed E-state index contributed by atoms with van der Waals surface area (Å²) >= 11 is 0. The molecule has 1 unspecified atom stereocenters. The molecule has 4 heteroatoms. The van der Waals surface area contributed by atoms with Gasteiger partial charge >= 0.3 is 0 Å². The number of allylic oxidation sites excluding steroid dienone is 2. The van der Waals surface area contributed by atoms with Crippen LogP contribution < -0.4 is 5.73 Å². The maximum absolute atomic E-state index is 5.59. The van der Waals surface area contributed by atoms with Crippen LogP contribution in [0.2, 0.25) is 0 Å². The lowest BCUT2D eigenvalue weighted by molar-refractivity contribution is 0.300. The molecule has 0 spiro atoms. The van der Waals surface area contributed by atoms with E-state index in [9.17, 15) is 0 Å². The summed E-state index contributed by atoms with van der Waals surface area (Å²) in [5.74, 6) is 0.615. The molecule has 0 fully saturated rings. The summed E-state index contributed by atoms with van der Waals surface area (Å²) in [5.41, 5.74) is 6.03. The third-order valence-corrected chi connectivity index (χ3v) is 4.19. The van der Waals surface area contributed by atoms with E-state index >= 15 is 0 Å². The van der Waals surface area contributed by atoms with Crippen molar-refractivity contribution in [2.45, 2.75) is 0 Å². The third kappa shape index (κ3) is 5.94. The molecule has 0 aromatic rings. The van der Waals surface area contributed by atoms with Gasteiger partial charge in [-0.25, -0.2) is 0 Å². The van der Waals surface area contributed by atoms with Gasteiger partial charge in [-0.3, -0.25) is 0 Å². The second-order valence-corrected chi connectivity index (χ2v) is 6.37. The van der Waals surface area contributed by atoms with Gasteiger partial charge in [-0.15, -0.1) is 0 Å². The van der Waals surface area contributed by atoms with Crippen molar-refractivity contribution < 1.29 is 4.74 Å². The Bertz CT molecular complexity index is 285. The van der Waals surface area contributed by atoms with Crippen LogP contribution in [0.25, 0.3) is 0 Å². The normalized spacial score (nSPS) is 13.7. The summed E-state index contributed by atoms with van der Waals surface area (Å²) in [5, 5.41) is 1.08. The molecule has 0 aliphatic heterocycles. The highest BCUT2D eigenvalue weighted by Gasteiger charge is 2.07. The average molecular weight is 242 g/mol. The minimum Gasteiger partial charge on any atom is -0.495 e. The van der Waals surface area contributed by atoms with Gasteiger partial charge in [-0.05, 0) is 38.3 Å². The van der Waals surface area contributed by atoms with Crippen LogP contribution in [0.4, 0.5) is 0 Å². The molecule has 2 N–H and O–H groups in total. The van der Waals surface area contributed by atoms with Gasteiger partial charge in [0.1, 0.15) is 5.76 Å². The van der Waals surface area contributed by atoms with Gasteiger partial charge in [0.2, 0.25) is 0 Å². The van der Waals surface area contributed by atoms with Crippen LogP contribution >= 0.6 is 7.92 Å². The summed E-state index contributed by atoms with van der Waals surface area (Å²) in [6.07, 6.45) is 3.02. The minimum atomic E-state index is -0.226. The molecule has 3 nitrogen and oxygen atoms in total. The maximum atomic E-state index is 5.59. The Hall–Kier alpha value is -0.790. The van der Waals surface area contributed by atoms with Crippen molar-refractivity contribution in [1.29, 1.82) is 0 Å². The molecule has 0 saturated heterocycles. The first kappa shape index (κ1) is 15.2. The Morgan fingerprint density at radius 1 is 1.44 bits per heavy atom. The van der Waals surface area contributed by atoms with Crippen LogP contribution in [0.1, 0.15) is 0 Å². The largest absolute Gasteiger partial charge is 0.495 e. The summed E-state index contributed by atoms with van der Waals surface area (Å²) in [4.78, 5) is 2.18. The number of hydrogen-bond acceptors (Lipinski definition) is 3. The summed E-state index contributed by atoms with van der Waals surface area (Å²) in [7, 11) is 5.51. The van der Waals surface area contributed by atoms with Crippen molar-refractivity contribution in [2.75, 3.05) is 40.6 Å². The second kappa shape index (κ2) is 7.48. The molecule has 92 valence electrons. The molecule has 0 heterocycles. The highest BCUT2D eigenvalue weighted by Crippen LogP contribution is 2.40. The van der Waals surface area contributed by atoms with E-state index in [0.717, 1.165) is 18.0 Å². The van der Waals surface area contributed by atoms with E-state index in [4.69, 9.17) is 10.5 Å². The van der Waals surface area contributed by atoms with E-state index in [1.807, 2.05) is 6.08 Å². The summed E-state index contributed by atoms with van der Waals surface area (Å²) in [6, 6.07) is 0. The van der Waals surface area contributed by atoms with Crippen molar-refractivity contribution in [3.05, 3.63) is 36.0 Å². The van der Waals surface area contributed by atoms with E-state index in [2.05, 4.69) is 38.8 Å². The molecule has 1 atom stereocenters. The topological polar surface area (TPSA) is 38.5 Å². The highest BCUT2D eigenvalue weighted by atomic mass is 31.1. The molecule has 0 aliphatic rings. The standard InChI is InChI=1S/C12H23N2OP/c1-10(9-12(15-5)11(2)13)16(6)8-7-14(3)4/h9H,1-2,7-8,13H2,3-6H3/b12-9+. The van der Waals surface area contributed by atoms with E-state index in [1.165, 1.54) is 0 Å². The molecule has 0 rings (SSSR count). The predicted molar refractivity (Wildman–Crippen MR) is 73.8 cm³/mol. The monoisotopic (exact) mass is 242 g/mol. The Kier molecular flexibility index (Phi) is 7.11. The second-order valence-electron chi connectivity index (χ2n) is 3.95. The zero-order chi connectivity index (χ0) is 12.7. The zero-order valence-electron chi connectivity index (χ0n) is 10.8. The molecule has 16 heavy (non-hydrogen) atoms. The molecule has 0 aromatic carbocycles. The van der Waals surface area contributed by atoms with Crippen LogP contribution in [0.3, 0.4) is 0 Å². The van der Waals surface area contributed by atoms with Crippen molar-refractivity contribution >= 4 is 7.92 Å². The number of rotatable bonds is 7. The SMILES string of the molecule is C=C(N)/C(=C\C(=C)P(C)CCN(C)C)OC. The fraction of sp³-hybridized carbons (Fsp3) is 0.500. The first-order valence-electron chi connectivity index (χ1n) is 5.13. The number of nitrogens with two attached hydrogens (primary N) is 1. The molecule has 0 saturated carbocycles. The Labute approximate surface area is 100 Å². The zero-order valence-corrected chi connectivity index (χ0v) is 11.7. The smallest absolute Gasteiger partial charge is 0.141 e. The fourth-order valence-corrected chi connectivity index (χ4v) is 2.36. The van der Waals surface area contributed by atoms with Crippen molar-refractivity contribution in [3.63, 3.8) is 0 Å². The van der Waals surface area contributed by atoms with Gasteiger partial charge in [-0.1, -0.05) is 21.1 Å². The molecule has 0 bridgehead atoms. The van der Waals surface area contributed by atoms with Gasteiger partial charge in [0, 0.05) is 6.54 Å². The highest BCUT2D eigenvalue weighted by molar-refractivity contribution is 7.61. The Balaban J connectivity index is 4.38. The molecule has 0 amide bonds. The van der Waals surface area contributed by atoms with Crippen molar-refractivity contribution in [1.82, 2.24) is 4.90 Å². The van der Waals surface area contributed by atoms with Gasteiger partial charge < -0.3 is 15.4 Å². The molecular weight excluding hydrogens is 219 g/mol. The van der Waals surface area contributed by atoms with E-state index in [1.54, 1.807) is 7.11 Å². The quantitative estimate of drug-likeness (QED) is 0.422. The lowest BCUT2D eigenvalue weighted by Gasteiger charge is -2.16. The molecule has 0 radical (unpaired) electrons. The van der Waals surface area contributed by atoms with E-state index in [-0.39, 0.29) is 7.92 Å². The summed E-state index contributed by atoms with van der Waals surface area (Å²) in [6.45, 7) is 11.0. The van der Waals surface area contributed by atoms with Gasteiger partial charge in [0.15, 0.2) is 0 Å². The fourth-order valence-electron chi connectivity index (χ4n) is 1.04. The van der Waals surface area contributed by atoms with Gasteiger partial charge in [-0.2, -0.15) is 0 Å². The van der Waals surface area contributed by atoms with Crippen LogP contribution in [-0.4, -0.2) is 45.5 Å². The van der Waals surface area contributed by atoms with Crippen LogP contribution in [-0.2, 0) is 4.74 Å². The molecule has 0 aliphatic carbocycles. The molecule has 0 aromatic heterocycles. The van der Waals surface area contributed by atoms with E-state index in [0.29, 0.717) is 11.5 Å². The van der Waals surface area contributed by atoms with Crippen LogP contribution in [0, 0.1) is 0 Å². The van der Waals surface area contributed by atoms with Gasteiger partial charge in [0.25, 0.3) is 0 Å². The average Bonchev–Trinajstić information content (AvgIpc) is 2.21. The van der Waals surface area contributed by atoms with Gasteiger partial charge in [0.05, 0.1) is 12.8 Å². The number of methoxy groups -OCH3 is 1. The molecular formula is C12H23N2OP. The Morgan fingerprint density at radius 3 is 2.38 bits per heavy atom. The predicted octanol–water partition coefficient (Wildman–Crippen LogP) is 2.18. The number of nitrogens with zero attached hydrogens (tertiary/aromatic N) is 1. The van der Waals surface area contributed by atoms with E-state index < -0.39 is 0 Å². The van der Waals surface area contributed by atoms with Crippen LogP contribution in [0.5, 0.6) is 0 Å². The van der Waals surface area contributed by atoms with Crippen molar-refractivity contribution in [3.8, 4) is 0 Å². The third-order valence-electron chi connectivity index (χ3n) is 2.21. The van der Waals surface area contributed by atoms with Crippen LogP contribution in [0.15, 0.2) is 36.0 Å². The lowest BCUT2D eigenvalue weighted by Crippen LogP contribution is -2.15. The van der Waals surface area contributed by atoms with Crippen molar-refractivity contribution in [2.24, 2.45) is 5.73 Å². The summed E-state index contributed by atoms with van der Waals surface area (Å²) < 4.78 is 5.13. The number of hydrogen-bond donors (Lipinski definition) is 1.